The van der Waals surface area contributed by atoms with Crippen LogP contribution in [-0.4, -0.2) is 48.9 Å². The zero-order valence-electron chi connectivity index (χ0n) is 34.0. The molecule has 2 aromatic rings. The van der Waals surface area contributed by atoms with Gasteiger partial charge in [0.15, 0.2) is 6.29 Å². The van der Waals surface area contributed by atoms with E-state index in [2.05, 4.69) is 55.4 Å². The fourth-order valence-corrected chi connectivity index (χ4v) is 15.0. The number of aliphatic hydroxyl groups is 3. The second-order valence-corrected chi connectivity index (χ2v) is 21.1. The second-order valence-electron chi connectivity index (χ2n) is 21.1. The highest BCUT2D eigenvalue weighted by atomic mass is 16.7. The molecule has 2 aromatic carbocycles. The molecule has 55 heavy (non-hydrogen) atoms. The van der Waals surface area contributed by atoms with Gasteiger partial charge >= 0.3 is 0 Å². The minimum atomic E-state index is -1.16. The Kier molecular flexibility index (Phi) is 7.58. The van der Waals surface area contributed by atoms with Gasteiger partial charge < -0.3 is 44.5 Å². The summed E-state index contributed by atoms with van der Waals surface area (Å²) in [6.45, 7) is 18.1. The number of phenols is 2. The number of benzene rings is 2. The first kappa shape index (κ1) is 36.8. The molecule has 2 spiro atoms. The van der Waals surface area contributed by atoms with Crippen LogP contribution >= 0.6 is 0 Å². The molecule has 4 aliphatic carbocycles. The summed E-state index contributed by atoms with van der Waals surface area (Å²) in [6.07, 6.45) is 4.40. The lowest BCUT2D eigenvalue weighted by Gasteiger charge is -2.64. The molecule has 300 valence electrons. The summed E-state index contributed by atoms with van der Waals surface area (Å²) < 4.78 is 28.2. The van der Waals surface area contributed by atoms with E-state index in [4.69, 9.17) is 18.9 Å². The van der Waals surface area contributed by atoms with Crippen LogP contribution in [0, 0.1) is 45.3 Å². The zero-order chi connectivity index (χ0) is 39.0. The van der Waals surface area contributed by atoms with Crippen LogP contribution < -0.4 is 9.47 Å². The van der Waals surface area contributed by atoms with Crippen molar-refractivity contribution in [2.45, 2.75) is 168 Å². The van der Waals surface area contributed by atoms with Crippen LogP contribution in [0.15, 0.2) is 12.1 Å². The standard InChI is InChI=1S/C46H62O9/c1-22-9-11-30-41(3,4)32(49)13-15-43(30,7)45(22)19-26-28(47)17-24-21-52-40-35-25(36(51)39(53-40)34(24)37(26)54-45)18-29(48)27-20-46(55-38(27)35)23(2)10-12-31-42(5,6)33(50)14-16-44(31,46)8/h17-18,22-23,30-33,36,39-40,47-51H,9-16,19-21H2,1-8H3. The van der Waals surface area contributed by atoms with Crippen LogP contribution in [0.4, 0.5) is 0 Å². The van der Waals surface area contributed by atoms with Gasteiger partial charge in [0.1, 0.15) is 46.4 Å². The Hall–Kier alpha value is -2.56. The summed E-state index contributed by atoms with van der Waals surface area (Å²) in [5.41, 5.74) is 1.76. The van der Waals surface area contributed by atoms with Crippen molar-refractivity contribution in [2.24, 2.45) is 45.3 Å². The van der Waals surface area contributed by atoms with Gasteiger partial charge in [0, 0.05) is 40.4 Å². The van der Waals surface area contributed by atoms with Gasteiger partial charge in [-0.2, -0.15) is 0 Å². The van der Waals surface area contributed by atoms with Crippen LogP contribution in [0.3, 0.4) is 0 Å². The summed E-state index contributed by atoms with van der Waals surface area (Å²) in [6, 6.07) is 3.48. The molecule has 4 fully saturated rings. The van der Waals surface area contributed by atoms with Crippen molar-refractivity contribution < 1.29 is 44.5 Å². The molecule has 0 aromatic heterocycles. The molecule has 0 saturated heterocycles. The number of aromatic hydroxyl groups is 2. The van der Waals surface area contributed by atoms with Gasteiger partial charge in [-0.25, -0.2) is 0 Å². The maximum atomic E-state index is 12.5. The number of ether oxygens (including phenoxy) is 4. The molecule has 9 heteroatoms. The molecule has 4 saturated carbocycles. The number of hydrogen-bond donors (Lipinski definition) is 5. The lowest BCUT2D eigenvalue weighted by molar-refractivity contribution is -0.220. The van der Waals surface area contributed by atoms with Crippen molar-refractivity contribution in [3.8, 4) is 23.0 Å². The Morgan fingerprint density at radius 3 is 1.65 bits per heavy atom. The Labute approximate surface area is 325 Å². The van der Waals surface area contributed by atoms with Gasteiger partial charge in [-0.3, -0.25) is 0 Å². The normalized spacial score (nSPS) is 45.6. The molecule has 8 aliphatic rings. The average Bonchev–Trinajstić information content (AvgIpc) is 3.70. The first-order valence-electron chi connectivity index (χ1n) is 21.3. The maximum Gasteiger partial charge on any atom is 0.189 e. The van der Waals surface area contributed by atoms with Crippen LogP contribution in [0.1, 0.15) is 159 Å². The number of rotatable bonds is 0. The van der Waals surface area contributed by atoms with Crippen molar-refractivity contribution in [3.63, 3.8) is 0 Å². The third kappa shape index (κ3) is 4.33. The lowest BCUT2D eigenvalue weighted by atomic mass is 9.43. The molecule has 13 unspecified atom stereocenters. The van der Waals surface area contributed by atoms with Gasteiger partial charge in [-0.1, -0.05) is 55.4 Å². The van der Waals surface area contributed by atoms with Gasteiger partial charge in [0.25, 0.3) is 0 Å². The zero-order valence-corrected chi connectivity index (χ0v) is 34.0. The Morgan fingerprint density at radius 2 is 1.13 bits per heavy atom. The highest BCUT2D eigenvalue weighted by Crippen LogP contribution is 2.70. The summed E-state index contributed by atoms with van der Waals surface area (Å²) in [7, 11) is 0. The molecule has 9 nitrogen and oxygen atoms in total. The molecular formula is C46H62O9. The molecule has 2 bridgehead atoms. The van der Waals surface area contributed by atoms with E-state index in [1.807, 2.05) is 0 Å². The van der Waals surface area contributed by atoms with Gasteiger partial charge in [0.2, 0.25) is 0 Å². The fourth-order valence-electron chi connectivity index (χ4n) is 15.0. The van der Waals surface area contributed by atoms with Crippen molar-refractivity contribution in [3.05, 3.63) is 45.5 Å². The van der Waals surface area contributed by atoms with Crippen molar-refractivity contribution in [1.29, 1.82) is 0 Å². The number of hydrogen-bond acceptors (Lipinski definition) is 9. The first-order valence-corrected chi connectivity index (χ1v) is 21.3. The summed E-state index contributed by atoms with van der Waals surface area (Å²) >= 11 is 0. The smallest absolute Gasteiger partial charge is 0.189 e. The largest absolute Gasteiger partial charge is 0.508 e. The second kappa shape index (κ2) is 11.3. The van der Waals surface area contributed by atoms with Gasteiger partial charge in [-0.15, -0.1) is 0 Å². The van der Waals surface area contributed by atoms with Gasteiger partial charge in [-0.05, 0) is 109 Å². The van der Waals surface area contributed by atoms with E-state index in [1.54, 1.807) is 12.1 Å². The van der Waals surface area contributed by atoms with E-state index in [1.165, 1.54) is 0 Å². The number of phenolic OH excluding ortho intramolecular Hbond substituents is 2. The average molecular weight is 759 g/mol. The first-order chi connectivity index (χ1) is 25.8. The van der Waals surface area contributed by atoms with Gasteiger partial charge in [0.05, 0.1) is 24.4 Å². The van der Waals surface area contributed by atoms with Crippen molar-refractivity contribution in [2.75, 3.05) is 0 Å². The van der Waals surface area contributed by atoms with E-state index in [0.717, 1.165) is 55.2 Å². The predicted molar refractivity (Wildman–Crippen MR) is 205 cm³/mol. The fraction of sp³-hybridized carbons (Fsp3) is 0.739. The van der Waals surface area contributed by atoms with E-state index in [0.29, 0.717) is 53.9 Å². The predicted octanol–water partition coefficient (Wildman–Crippen LogP) is 8.25. The molecular weight excluding hydrogens is 696 g/mol. The number of aliphatic hydroxyl groups excluding tert-OH is 3. The molecule has 5 N–H and O–H groups in total. The van der Waals surface area contributed by atoms with E-state index >= 15 is 0 Å². The van der Waals surface area contributed by atoms with Crippen LogP contribution in [0.2, 0.25) is 0 Å². The monoisotopic (exact) mass is 758 g/mol. The molecule has 0 radical (unpaired) electrons. The van der Waals surface area contributed by atoms with E-state index in [9.17, 15) is 25.5 Å². The topological polar surface area (TPSA) is 138 Å². The van der Waals surface area contributed by atoms with E-state index in [-0.39, 0.29) is 75.6 Å². The SMILES string of the molecule is CC1CCC2C(C)(C)C(O)CCC2(C)C12Cc1c(O)cc3c(c1O2)C1OCc2cc(O)c4c(c2C(O1)C3O)OC1(C4)C(C)CCC2C(C)(C)C(O)CCC21C. The number of fused-ring (bicyclic) bond motifs is 14. The van der Waals surface area contributed by atoms with Crippen LogP contribution in [0.25, 0.3) is 0 Å². The quantitative estimate of drug-likeness (QED) is 0.180. The summed E-state index contributed by atoms with van der Waals surface area (Å²) in [5, 5.41) is 58.4. The molecule has 4 heterocycles. The lowest BCUT2D eigenvalue weighted by Crippen LogP contribution is -2.66. The molecule has 13 atom stereocenters. The van der Waals surface area contributed by atoms with Crippen LogP contribution in [-0.2, 0) is 28.9 Å². The Bertz CT molecular complexity index is 1970. The summed E-state index contributed by atoms with van der Waals surface area (Å²) in [4.78, 5) is 0. The third-order valence-electron chi connectivity index (χ3n) is 18.4. The highest BCUT2D eigenvalue weighted by Gasteiger charge is 2.69. The van der Waals surface area contributed by atoms with Crippen LogP contribution in [0.5, 0.6) is 23.0 Å². The third-order valence-corrected chi connectivity index (χ3v) is 18.4. The summed E-state index contributed by atoms with van der Waals surface area (Å²) in [5.74, 6) is 2.27. The van der Waals surface area contributed by atoms with E-state index < -0.39 is 29.7 Å². The highest BCUT2D eigenvalue weighted by molar-refractivity contribution is 5.63. The van der Waals surface area contributed by atoms with Crippen molar-refractivity contribution in [1.82, 2.24) is 0 Å². The molecule has 4 aliphatic heterocycles. The molecule has 0 amide bonds. The Balaban J connectivity index is 1.06. The minimum Gasteiger partial charge on any atom is -0.508 e. The maximum absolute atomic E-state index is 12.5. The minimum absolute atomic E-state index is 0.111. The Morgan fingerprint density at radius 1 is 0.636 bits per heavy atom. The van der Waals surface area contributed by atoms with Crippen molar-refractivity contribution >= 4 is 0 Å². The molecule has 10 rings (SSSR count).